The Labute approximate surface area is 108 Å². The zero-order chi connectivity index (χ0) is 12.4. The number of nitrogens with one attached hydrogen (secondary N) is 1. The first-order valence-corrected chi connectivity index (χ1v) is 5.94. The van der Waals surface area contributed by atoms with Crippen LogP contribution in [0.25, 0.3) is 0 Å². The van der Waals surface area contributed by atoms with Crippen LogP contribution < -0.4 is 11.1 Å². The van der Waals surface area contributed by atoms with Crippen molar-refractivity contribution in [3.63, 3.8) is 0 Å². The Balaban J connectivity index is 2.31. The molecule has 3 N–H and O–H groups in total. The molecule has 0 amide bonds. The van der Waals surface area contributed by atoms with Crippen molar-refractivity contribution in [2.75, 3.05) is 11.1 Å². The summed E-state index contributed by atoms with van der Waals surface area (Å²) in [5.41, 5.74) is 8.64. The van der Waals surface area contributed by atoms with Gasteiger partial charge in [0.2, 0.25) is 0 Å². The van der Waals surface area contributed by atoms with E-state index in [0.717, 1.165) is 5.56 Å². The summed E-state index contributed by atoms with van der Waals surface area (Å²) >= 11 is 3.21. The first-order valence-electron chi connectivity index (χ1n) is 5.14. The van der Waals surface area contributed by atoms with Crippen LogP contribution in [0.2, 0.25) is 0 Å². The third-order valence-corrected chi connectivity index (χ3v) is 2.90. The molecule has 2 rings (SSSR count). The van der Waals surface area contributed by atoms with E-state index in [1.165, 1.54) is 6.07 Å². The number of hydrogen-bond donors (Lipinski definition) is 2. The lowest BCUT2D eigenvalue weighted by Crippen LogP contribution is -1.98. The molecule has 17 heavy (non-hydrogen) atoms. The quantitative estimate of drug-likeness (QED) is 0.814. The maximum Gasteiger partial charge on any atom is 0.147 e. The Morgan fingerprint density at radius 3 is 2.47 bits per heavy atom. The largest absolute Gasteiger partial charge is 0.397 e. The van der Waals surface area contributed by atoms with Crippen molar-refractivity contribution in [3.8, 4) is 0 Å². The van der Waals surface area contributed by atoms with Gasteiger partial charge in [-0.2, -0.15) is 0 Å². The second kappa shape index (κ2) is 4.75. The predicted octanol–water partition coefficient (Wildman–Crippen LogP) is 4.22. The highest BCUT2D eigenvalue weighted by atomic mass is 79.9. The van der Waals surface area contributed by atoms with Crippen LogP contribution in [0.1, 0.15) is 5.56 Å². The lowest BCUT2D eigenvalue weighted by molar-refractivity contribution is 0.631. The van der Waals surface area contributed by atoms with E-state index in [0.29, 0.717) is 21.5 Å². The first-order chi connectivity index (χ1) is 8.06. The van der Waals surface area contributed by atoms with E-state index in [4.69, 9.17) is 5.73 Å². The molecule has 88 valence electrons. The van der Waals surface area contributed by atoms with E-state index in [2.05, 4.69) is 21.2 Å². The van der Waals surface area contributed by atoms with Crippen molar-refractivity contribution in [2.45, 2.75) is 6.92 Å². The highest BCUT2D eigenvalue weighted by Gasteiger charge is 2.05. The standard InChI is InChI=1S/C13H12BrFN2/c1-8-2-4-13(11(16)6-8)17-12-5-3-9(14)7-10(12)15/h2-7,17H,16H2,1H3. The average Bonchev–Trinajstić information content (AvgIpc) is 2.25. The van der Waals surface area contributed by atoms with Crippen LogP contribution in [0.4, 0.5) is 21.5 Å². The number of hydrogen-bond acceptors (Lipinski definition) is 2. The van der Waals surface area contributed by atoms with Gasteiger partial charge in [-0.3, -0.25) is 0 Å². The monoisotopic (exact) mass is 294 g/mol. The van der Waals surface area contributed by atoms with Gasteiger partial charge >= 0.3 is 0 Å². The summed E-state index contributed by atoms with van der Waals surface area (Å²) < 4.78 is 14.3. The van der Waals surface area contributed by atoms with Crippen LogP contribution in [0.15, 0.2) is 40.9 Å². The molecule has 2 aromatic rings. The fourth-order valence-electron chi connectivity index (χ4n) is 1.53. The molecule has 0 spiro atoms. The van der Waals surface area contributed by atoms with Crippen LogP contribution in [-0.2, 0) is 0 Å². The molecule has 0 bridgehead atoms. The van der Waals surface area contributed by atoms with Crippen LogP contribution in [0, 0.1) is 12.7 Å². The summed E-state index contributed by atoms with van der Waals surface area (Å²) in [6, 6.07) is 10.5. The predicted molar refractivity (Wildman–Crippen MR) is 73.0 cm³/mol. The molecule has 0 aliphatic carbocycles. The van der Waals surface area contributed by atoms with E-state index in [1.807, 2.05) is 25.1 Å². The summed E-state index contributed by atoms with van der Waals surface area (Å²) in [7, 11) is 0. The van der Waals surface area contributed by atoms with E-state index >= 15 is 0 Å². The topological polar surface area (TPSA) is 38.0 Å². The van der Waals surface area contributed by atoms with E-state index in [-0.39, 0.29) is 5.82 Å². The van der Waals surface area contributed by atoms with Gasteiger partial charge in [0.15, 0.2) is 0 Å². The van der Waals surface area contributed by atoms with Crippen LogP contribution in [-0.4, -0.2) is 0 Å². The fraction of sp³-hybridized carbons (Fsp3) is 0.0769. The van der Waals surface area contributed by atoms with E-state index < -0.39 is 0 Å². The van der Waals surface area contributed by atoms with Gasteiger partial charge in [0, 0.05) is 4.47 Å². The minimum Gasteiger partial charge on any atom is -0.397 e. The molecule has 2 nitrogen and oxygen atoms in total. The summed E-state index contributed by atoms with van der Waals surface area (Å²) in [6.45, 7) is 1.96. The van der Waals surface area contributed by atoms with Crippen molar-refractivity contribution >= 4 is 33.0 Å². The van der Waals surface area contributed by atoms with Crippen molar-refractivity contribution in [3.05, 3.63) is 52.3 Å². The number of benzene rings is 2. The Kier molecular flexibility index (Phi) is 3.33. The minimum absolute atomic E-state index is 0.320. The van der Waals surface area contributed by atoms with Gasteiger partial charge in [-0.15, -0.1) is 0 Å². The van der Waals surface area contributed by atoms with Gasteiger partial charge in [-0.05, 0) is 42.8 Å². The average molecular weight is 295 g/mol. The fourth-order valence-corrected chi connectivity index (χ4v) is 1.87. The summed E-state index contributed by atoms with van der Waals surface area (Å²) in [5, 5.41) is 2.97. The molecule has 0 heterocycles. The zero-order valence-corrected chi connectivity index (χ0v) is 10.9. The van der Waals surface area contributed by atoms with Crippen LogP contribution >= 0.6 is 15.9 Å². The molecule has 4 heteroatoms. The first kappa shape index (κ1) is 11.9. The molecule has 0 saturated heterocycles. The van der Waals surface area contributed by atoms with Gasteiger partial charge in [0.1, 0.15) is 5.82 Å². The Hall–Kier alpha value is -1.55. The van der Waals surface area contributed by atoms with E-state index in [1.54, 1.807) is 12.1 Å². The van der Waals surface area contributed by atoms with Gasteiger partial charge in [0.25, 0.3) is 0 Å². The van der Waals surface area contributed by atoms with Crippen LogP contribution in [0.5, 0.6) is 0 Å². The molecule has 2 aromatic carbocycles. The Morgan fingerprint density at radius 1 is 1.12 bits per heavy atom. The Morgan fingerprint density at radius 2 is 1.82 bits per heavy atom. The number of anilines is 3. The van der Waals surface area contributed by atoms with E-state index in [9.17, 15) is 4.39 Å². The normalized spacial score (nSPS) is 10.3. The van der Waals surface area contributed by atoms with Crippen molar-refractivity contribution in [1.82, 2.24) is 0 Å². The lowest BCUT2D eigenvalue weighted by atomic mass is 10.2. The third-order valence-electron chi connectivity index (χ3n) is 2.41. The van der Waals surface area contributed by atoms with Crippen molar-refractivity contribution in [1.29, 1.82) is 0 Å². The van der Waals surface area contributed by atoms with Gasteiger partial charge in [-0.1, -0.05) is 22.0 Å². The molecule has 0 aromatic heterocycles. The van der Waals surface area contributed by atoms with Gasteiger partial charge in [0.05, 0.1) is 17.1 Å². The highest BCUT2D eigenvalue weighted by molar-refractivity contribution is 9.10. The number of nitrogens with two attached hydrogens (primary N) is 1. The summed E-state index contributed by atoms with van der Waals surface area (Å²) in [5.74, 6) is -0.320. The van der Waals surface area contributed by atoms with Gasteiger partial charge in [-0.25, -0.2) is 4.39 Å². The molecular formula is C13H12BrFN2. The summed E-state index contributed by atoms with van der Waals surface area (Å²) in [4.78, 5) is 0. The minimum atomic E-state index is -0.320. The number of aryl methyl sites for hydroxylation is 1. The number of nitrogen functional groups attached to an aromatic ring is 1. The smallest absolute Gasteiger partial charge is 0.147 e. The summed E-state index contributed by atoms with van der Waals surface area (Å²) in [6.07, 6.45) is 0. The molecule has 0 saturated carbocycles. The maximum absolute atomic E-state index is 13.6. The number of halogens is 2. The van der Waals surface area contributed by atoms with Crippen molar-refractivity contribution in [2.24, 2.45) is 0 Å². The second-order valence-corrected chi connectivity index (χ2v) is 4.76. The lowest BCUT2D eigenvalue weighted by Gasteiger charge is -2.10. The SMILES string of the molecule is Cc1ccc(Nc2ccc(Br)cc2F)c(N)c1. The van der Waals surface area contributed by atoms with Gasteiger partial charge < -0.3 is 11.1 Å². The van der Waals surface area contributed by atoms with Crippen molar-refractivity contribution < 1.29 is 4.39 Å². The molecule has 0 aliphatic heterocycles. The molecule has 0 unspecified atom stereocenters. The molecule has 0 aliphatic rings. The molecule has 0 atom stereocenters. The zero-order valence-electron chi connectivity index (χ0n) is 9.30. The molecule has 0 fully saturated rings. The second-order valence-electron chi connectivity index (χ2n) is 3.84. The Bertz CT molecular complexity index is 506. The maximum atomic E-state index is 13.6. The highest BCUT2D eigenvalue weighted by Crippen LogP contribution is 2.27. The van der Waals surface area contributed by atoms with Crippen LogP contribution in [0.3, 0.4) is 0 Å². The molecular weight excluding hydrogens is 283 g/mol. The number of rotatable bonds is 2. The third kappa shape index (κ3) is 2.77. The molecule has 0 radical (unpaired) electrons.